The molecule has 2 aliphatic rings. The zero-order valence-electron chi connectivity index (χ0n) is 12.1. The van der Waals surface area contributed by atoms with E-state index in [2.05, 4.69) is 22.3 Å². The van der Waals surface area contributed by atoms with E-state index in [1.807, 2.05) is 19.1 Å². The van der Waals surface area contributed by atoms with Gasteiger partial charge in [0.15, 0.2) is 0 Å². The summed E-state index contributed by atoms with van der Waals surface area (Å²) < 4.78 is 11.4. The molecule has 2 N–H and O–H groups in total. The first kappa shape index (κ1) is 12.8. The summed E-state index contributed by atoms with van der Waals surface area (Å²) in [6.07, 6.45) is 4.07. The van der Waals surface area contributed by atoms with Crippen LogP contribution in [0.25, 0.3) is 0 Å². The molecule has 1 unspecified atom stereocenters. The maximum atomic E-state index is 5.79. The molecule has 21 heavy (non-hydrogen) atoms. The Morgan fingerprint density at radius 2 is 1.90 bits per heavy atom. The Kier molecular flexibility index (Phi) is 2.63. The highest BCUT2D eigenvalue weighted by Crippen LogP contribution is 2.53. The predicted octanol–water partition coefficient (Wildman–Crippen LogP) is 2.76. The van der Waals surface area contributed by atoms with Crippen LogP contribution in [0.1, 0.15) is 49.9 Å². The summed E-state index contributed by atoms with van der Waals surface area (Å²) in [7, 11) is 0. The van der Waals surface area contributed by atoms with Crippen molar-refractivity contribution in [2.75, 3.05) is 12.3 Å². The minimum Gasteiger partial charge on any atom is -0.399 e. The molecule has 1 aliphatic carbocycles. The van der Waals surface area contributed by atoms with Gasteiger partial charge >= 0.3 is 0 Å². The second-order valence-electron chi connectivity index (χ2n) is 6.31. The number of ether oxygens (including phenoxy) is 1. The molecule has 2 aromatic rings. The summed E-state index contributed by atoms with van der Waals surface area (Å²) in [6.45, 7) is 2.81. The van der Waals surface area contributed by atoms with E-state index in [1.165, 1.54) is 5.56 Å². The molecule has 2 fully saturated rings. The van der Waals surface area contributed by atoms with Crippen LogP contribution in [0, 0.1) is 0 Å². The maximum absolute atomic E-state index is 5.79. The van der Waals surface area contributed by atoms with Gasteiger partial charge in [-0.25, -0.2) is 0 Å². The zero-order valence-corrected chi connectivity index (χ0v) is 12.1. The largest absolute Gasteiger partial charge is 0.399 e. The minimum absolute atomic E-state index is 0.117. The van der Waals surface area contributed by atoms with Gasteiger partial charge in [-0.15, -0.1) is 0 Å². The van der Waals surface area contributed by atoms with Crippen molar-refractivity contribution >= 4 is 5.69 Å². The van der Waals surface area contributed by atoms with Gasteiger partial charge in [-0.2, -0.15) is 4.98 Å². The Morgan fingerprint density at radius 3 is 2.52 bits per heavy atom. The van der Waals surface area contributed by atoms with E-state index in [9.17, 15) is 0 Å². The van der Waals surface area contributed by atoms with E-state index in [1.54, 1.807) is 0 Å². The first-order valence-corrected chi connectivity index (χ1v) is 7.47. The van der Waals surface area contributed by atoms with Crippen molar-refractivity contribution in [2.45, 2.75) is 43.6 Å². The Bertz CT molecular complexity index is 652. The van der Waals surface area contributed by atoms with Gasteiger partial charge in [-0.3, -0.25) is 0 Å². The van der Waals surface area contributed by atoms with Gasteiger partial charge in [0.25, 0.3) is 0 Å². The average Bonchev–Trinajstić information content (AvgIpc) is 2.93. The molecule has 1 saturated heterocycles. The fourth-order valence-electron chi connectivity index (χ4n) is 3.14. The highest BCUT2D eigenvalue weighted by molar-refractivity contribution is 5.46. The predicted molar refractivity (Wildman–Crippen MR) is 77.7 cm³/mol. The third-order valence-corrected chi connectivity index (χ3v) is 4.74. The molecule has 5 nitrogen and oxygen atoms in total. The van der Waals surface area contributed by atoms with Crippen LogP contribution in [0.2, 0.25) is 0 Å². The maximum Gasteiger partial charge on any atom is 0.237 e. The fourth-order valence-corrected chi connectivity index (χ4v) is 3.14. The van der Waals surface area contributed by atoms with Crippen molar-refractivity contribution in [1.29, 1.82) is 0 Å². The third-order valence-electron chi connectivity index (χ3n) is 4.74. The van der Waals surface area contributed by atoms with Crippen LogP contribution in [-0.4, -0.2) is 16.7 Å². The first-order chi connectivity index (χ1) is 10.1. The number of aromatic nitrogens is 2. The van der Waals surface area contributed by atoms with E-state index in [-0.39, 0.29) is 11.0 Å². The quantitative estimate of drug-likeness (QED) is 0.878. The van der Waals surface area contributed by atoms with Crippen LogP contribution in [0.4, 0.5) is 5.69 Å². The van der Waals surface area contributed by atoms with E-state index >= 15 is 0 Å². The molecule has 1 aromatic heterocycles. The second kappa shape index (κ2) is 4.31. The Labute approximate surface area is 123 Å². The van der Waals surface area contributed by atoms with Crippen molar-refractivity contribution in [3.63, 3.8) is 0 Å². The van der Waals surface area contributed by atoms with E-state index in [0.29, 0.717) is 11.7 Å². The summed E-state index contributed by atoms with van der Waals surface area (Å²) >= 11 is 0. The van der Waals surface area contributed by atoms with Crippen molar-refractivity contribution in [3.05, 3.63) is 41.5 Å². The summed E-state index contributed by atoms with van der Waals surface area (Å²) in [5.74, 6) is 1.38. The molecule has 0 bridgehead atoms. The number of benzene rings is 1. The molecule has 1 saturated carbocycles. The highest BCUT2D eigenvalue weighted by atomic mass is 16.5. The standard InChI is InChI=1S/C16H19N3O2/c1-15(7-2-10-20-15)13-18-14(21-19-13)16(8-9-16)11-3-5-12(17)6-4-11/h3-6H,2,7-10,17H2,1H3. The number of anilines is 1. The van der Waals surface area contributed by atoms with Crippen LogP contribution >= 0.6 is 0 Å². The number of nitrogens with zero attached hydrogens (tertiary/aromatic N) is 2. The van der Waals surface area contributed by atoms with Gasteiger partial charge in [0, 0.05) is 12.3 Å². The number of nitrogens with two attached hydrogens (primary N) is 1. The van der Waals surface area contributed by atoms with Gasteiger partial charge in [0.2, 0.25) is 11.7 Å². The Balaban J connectivity index is 1.68. The van der Waals surface area contributed by atoms with Crippen molar-refractivity contribution < 1.29 is 9.26 Å². The van der Waals surface area contributed by atoms with Gasteiger partial charge in [-0.1, -0.05) is 17.3 Å². The van der Waals surface area contributed by atoms with Crippen LogP contribution in [-0.2, 0) is 15.8 Å². The monoisotopic (exact) mass is 285 g/mol. The molecule has 2 heterocycles. The van der Waals surface area contributed by atoms with Crippen LogP contribution in [0.5, 0.6) is 0 Å². The lowest BCUT2D eigenvalue weighted by Gasteiger charge is -2.17. The summed E-state index contributed by atoms with van der Waals surface area (Å²) in [5, 5.41) is 4.18. The lowest BCUT2D eigenvalue weighted by molar-refractivity contribution is 0.00768. The van der Waals surface area contributed by atoms with Crippen LogP contribution in [0.3, 0.4) is 0 Å². The van der Waals surface area contributed by atoms with Gasteiger partial charge in [0.05, 0.1) is 5.41 Å². The zero-order chi connectivity index (χ0) is 14.5. The number of nitrogen functional groups attached to an aromatic ring is 1. The average molecular weight is 285 g/mol. The summed E-state index contributed by atoms with van der Waals surface area (Å²) in [6, 6.07) is 7.96. The van der Waals surface area contributed by atoms with Gasteiger partial charge in [0.1, 0.15) is 5.60 Å². The van der Waals surface area contributed by atoms with Gasteiger partial charge in [-0.05, 0) is 50.3 Å². The van der Waals surface area contributed by atoms with Crippen molar-refractivity contribution in [1.82, 2.24) is 10.1 Å². The molecule has 4 rings (SSSR count). The fraction of sp³-hybridized carbons (Fsp3) is 0.500. The lowest BCUT2D eigenvalue weighted by Crippen LogP contribution is -2.22. The molecule has 5 heteroatoms. The Hall–Kier alpha value is -1.88. The smallest absolute Gasteiger partial charge is 0.237 e. The van der Waals surface area contributed by atoms with Crippen LogP contribution < -0.4 is 5.73 Å². The highest BCUT2D eigenvalue weighted by Gasteiger charge is 2.51. The summed E-state index contributed by atoms with van der Waals surface area (Å²) in [5.41, 5.74) is 7.23. The number of rotatable bonds is 3. The first-order valence-electron chi connectivity index (χ1n) is 7.47. The number of hydrogen-bond donors (Lipinski definition) is 1. The van der Waals surface area contributed by atoms with Crippen molar-refractivity contribution in [2.24, 2.45) is 0 Å². The molecule has 1 atom stereocenters. The molecule has 0 radical (unpaired) electrons. The summed E-state index contributed by atoms with van der Waals surface area (Å²) in [4.78, 5) is 4.66. The molecule has 1 aliphatic heterocycles. The Morgan fingerprint density at radius 1 is 1.14 bits per heavy atom. The molecule has 110 valence electrons. The molecule has 0 spiro atoms. The topological polar surface area (TPSA) is 74.2 Å². The molecular formula is C16H19N3O2. The third kappa shape index (κ3) is 1.95. The van der Waals surface area contributed by atoms with E-state index in [0.717, 1.165) is 38.0 Å². The number of hydrogen-bond acceptors (Lipinski definition) is 5. The second-order valence-corrected chi connectivity index (χ2v) is 6.31. The van der Waals surface area contributed by atoms with Gasteiger partial charge < -0.3 is 15.0 Å². The van der Waals surface area contributed by atoms with Crippen molar-refractivity contribution in [3.8, 4) is 0 Å². The molecule has 1 aromatic carbocycles. The lowest BCUT2D eigenvalue weighted by atomic mass is 9.95. The molecule has 0 amide bonds. The minimum atomic E-state index is -0.390. The van der Waals surface area contributed by atoms with E-state index in [4.69, 9.17) is 15.0 Å². The normalized spacial score (nSPS) is 26.9. The SMILES string of the molecule is CC1(c2noc(C3(c4ccc(N)cc4)CC3)n2)CCCO1. The van der Waals surface area contributed by atoms with Crippen LogP contribution in [0.15, 0.2) is 28.8 Å². The van der Waals surface area contributed by atoms with E-state index < -0.39 is 0 Å². The molecular weight excluding hydrogens is 266 g/mol.